The minimum atomic E-state index is -0.376. The lowest BCUT2D eigenvalue weighted by molar-refractivity contribution is 0.0879. The van der Waals surface area contributed by atoms with E-state index in [1.165, 1.54) is 0 Å². The number of fused-ring (bicyclic) bond motifs is 1. The van der Waals surface area contributed by atoms with E-state index >= 15 is 0 Å². The zero-order chi connectivity index (χ0) is 13.4. The van der Waals surface area contributed by atoms with E-state index in [1.54, 1.807) is 36.5 Å². The molecule has 1 aromatic heterocycles. The first kappa shape index (κ1) is 11.2. The molecule has 2 heterocycles. The number of nitrogens with zero attached hydrogens (tertiary/aromatic N) is 1. The first-order valence-corrected chi connectivity index (χ1v) is 5.62. The van der Waals surface area contributed by atoms with Gasteiger partial charge in [0.15, 0.2) is 0 Å². The van der Waals surface area contributed by atoms with Gasteiger partial charge in [-0.15, -0.1) is 0 Å². The molecular formula is C13H10N4O2. The summed E-state index contributed by atoms with van der Waals surface area (Å²) in [6.45, 7) is 0. The van der Waals surface area contributed by atoms with Crippen molar-refractivity contribution >= 4 is 29.0 Å². The van der Waals surface area contributed by atoms with Crippen LogP contribution in [0.5, 0.6) is 0 Å². The van der Waals surface area contributed by atoms with Gasteiger partial charge in [-0.25, -0.2) is 4.98 Å². The van der Waals surface area contributed by atoms with Crippen molar-refractivity contribution in [2.75, 3.05) is 11.1 Å². The van der Waals surface area contributed by atoms with Crippen molar-refractivity contribution in [1.29, 1.82) is 0 Å². The van der Waals surface area contributed by atoms with Crippen LogP contribution in [0, 0.1) is 0 Å². The summed E-state index contributed by atoms with van der Waals surface area (Å²) in [4.78, 5) is 26.9. The molecule has 4 N–H and O–H groups in total. The van der Waals surface area contributed by atoms with Crippen molar-refractivity contribution in [1.82, 2.24) is 10.3 Å². The molecule has 2 aromatic rings. The van der Waals surface area contributed by atoms with Gasteiger partial charge in [0.1, 0.15) is 5.82 Å². The van der Waals surface area contributed by atoms with E-state index in [2.05, 4.69) is 15.6 Å². The third kappa shape index (κ3) is 1.99. The van der Waals surface area contributed by atoms with Gasteiger partial charge in [0, 0.05) is 5.69 Å². The quantitative estimate of drug-likeness (QED) is 0.701. The number of anilines is 3. The molecule has 6 nitrogen and oxygen atoms in total. The summed E-state index contributed by atoms with van der Waals surface area (Å²) in [5.74, 6) is -0.302. The summed E-state index contributed by atoms with van der Waals surface area (Å²) < 4.78 is 0. The summed E-state index contributed by atoms with van der Waals surface area (Å²) >= 11 is 0. The third-order valence-electron chi connectivity index (χ3n) is 2.81. The van der Waals surface area contributed by atoms with E-state index in [1.807, 2.05) is 0 Å². The average molecular weight is 254 g/mol. The maximum atomic E-state index is 11.5. The Morgan fingerprint density at radius 2 is 1.74 bits per heavy atom. The lowest BCUT2D eigenvalue weighted by atomic mass is 10.1. The molecule has 1 aliphatic heterocycles. The topological polar surface area (TPSA) is 97.1 Å². The highest BCUT2D eigenvalue weighted by Crippen LogP contribution is 2.23. The molecule has 0 saturated carbocycles. The second kappa shape index (κ2) is 4.09. The first-order chi connectivity index (χ1) is 9.13. The Morgan fingerprint density at radius 3 is 2.47 bits per heavy atom. The normalized spacial score (nSPS) is 13.1. The molecule has 2 amide bonds. The van der Waals surface area contributed by atoms with Gasteiger partial charge >= 0.3 is 0 Å². The fraction of sp³-hybridized carbons (Fsp3) is 0. The fourth-order valence-electron chi connectivity index (χ4n) is 1.89. The molecule has 0 saturated heterocycles. The lowest BCUT2D eigenvalue weighted by Crippen LogP contribution is -2.19. The fourth-order valence-corrected chi connectivity index (χ4v) is 1.89. The van der Waals surface area contributed by atoms with Crippen molar-refractivity contribution < 1.29 is 9.59 Å². The molecule has 0 spiro atoms. The molecular weight excluding hydrogens is 244 g/mol. The minimum absolute atomic E-state index is 0.360. The second-order valence-electron chi connectivity index (χ2n) is 4.14. The van der Waals surface area contributed by atoms with Gasteiger partial charge in [-0.1, -0.05) is 0 Å². The standard InChI is InChI=1S/C13H10N4O2/c14-11-4-2-8(6-15-11)16-7-1-3-9-10(5-7)13(19)17-12(9)18/h1-6,16H,(H2,14,15)(H,17,18,19). The molecule has 0 aliphatic carbocycles. The predicted molar refractivity (Wildman–Crippen MR) is 70.2 cm³/mol. The van der Waals surface area contributed by atoms with E-state index in [4.69, 9.17) is 5.73 Å². The highest BCUT2D eigenvalue weighted by atomic mass is 16.2. The van der Waals surface area contributed by atoms with E-state index in [9.17, 15) is 9.59 Å². The smallest absolute Gasteiger partial charge is 0.259 e. The van der Waals surface area contributed by atoms with Gasteiger partial charge in [-0.2, -0.15) is 0 Å². The number of nitrogen functional groups attached to an aromatic ring is 1. The minimum Gasteiger partial charge on any atom is -0.384 e. The molecule has 0 bridgehead atoms. The van der Waals surface area contributed by atoms with Gasteiger partial charge < -0.3 is 11.1 Å². The number of amides is 2. The Kier molecular flexibility index (Phi) is 2.42. The number of rotatable bonds is 2. The van der Waals surface area contributed by atoms with Crippen molar-refractivity contribution in [2.24, 2.45) is 0 Å². The van der Waals surface area contributed by atoms with Crippen LogP contribution in [0.4, 0.5) is 17.2 Å². The van der Waals surface area contributed by atoms with Crippen molar-refractivity contribution in [3.63, 3.8) is 0 Å². The van der Waals surface area contributed by atoms with Gasteiger partial charge in [0.05, 0.1) is 23.0 Å². The van der Waals surface area contributed by atoms with Crippen LogP contribution in [0.15, 0.2) is 36.5 Å². The van der Waals surface area contributed by atoms with E-state index in [0.29, 0.717) is 22.6 Å². The Labute approximate surface area is 108 Å². The molecule has 3 rings (SSSR count). The van der Waals surface area contributed by atoms with Crippen molar-refractivity contribution in [2.45, 2.75) is 0 Å². The summed E-state index contributed by atoms with van der Waals surface area (Å²) in [5.41, 5.74) is 7.72. The SMILES string of the molecule is Nc1ccc(Nc2ccc3c(c2)C(=O)NC3=O)cn1. The van der Waals surface area contributed by atoms with Crippen LogP contribution < -0.4 is 16.4 Å². The Morgan fingerprint density at radius 1 is 1.00 bits per heavy atom. The van der Waals surface area contributed by atoms with Crippen LogP contribution in [0.1, 0.15) is 20.7 Å². The molecule has 0 radical (unpaired) electrons. The summed E-state index contributed by atoms with van der Waals surface area (Å²) in [5, 5.41) is 5.33. The third-order valence-corrected chi connectivity index (χ3v) is 2.81. The number of aromatic nitrogens is 1. The number of imide groups is 1. The van der Waals surface area contributed by atoms with Crippen molar-refractivity contribution in [3.05, 3.63) is 47.7 Å². The maximum Gasteiger partial charge on any atom is 0.259 e. The lowest BCUT2D eigenvalue weighted by Gasteiger charge is -2.07. The molecule has 0 fully saturated rings. The van der Waals surface area contributed by atoms with E-state index < -0.39 is 0 Å². The second-order valence-corrected chi connectivity index (χ2v) is 4.14. The maximum absolute atomic E-state index is 11.5. The molecule has 94 valence electrons. The molecule has 19 heavy (non-hydrogen) atoms. The zero-order valence-corrected chi connectivity index (χ0v) is 9.81. The highest BCUT2D eigenvalue weighted by Gasteiger charge is 2.26. The van der Waals surface area contributed by atoms with Gasteiger partial charge in [-0.3, -0.25) is 14.9 Å². The average Bonchev–Trinajstić information content (AvgIpc) is 2.68. The number of hydrogen-bond acceptors (Lipinski definition) is 5. The van der Waals surface area contributed by atoms with Gasteiger partial charge in [0.25, 0.3) is 11.8 Å². The van der Waals surface area contributed by atoms with E-state index in [-0.39, 0.29) is 11.8 Å². The summed E-state index contributed by atoms with van der Waals surface area (Å²) in [6.07, 6.45) is 1.59. The number of nitrogens with one attached hydrogen (secondary N) is 2. The largest absolute Gasteiger partial charge is 0.384 e. The molecule has 1 aromatic carbocycles. The number of carbonyl (C=O) groups is 2. The number of hydrogen-bond donors (Lipinski definition) is 3. The Balaban J connectivity index is 1.91. The summed E-state index contributed by atoms with van der Waals surface area (Å²) in [6, 6.07) is 8.43. The Bertz CT molecular complexity index is 680. The van der Waals surface area contributed by atoms with E-state index in [0.717, 1.165) is 5.69 Å². The summed E-state index contributed by atoms with van der Waals surface area (Å²) in [7, 11) is 0. The molecule has 0 atom stereocenters. The number of nitrogens with two attached hydrogens (primary N) is 1. The number of pyridine rings is 1. The zero-order valence-electron chi connectivity index (χ0n) is 9.81. The van der Waals surface area contributed by atoms with Gasteiger partial charge in [-0.05, 0) is 30.3 Å². The highest BCUT2D eigenvalue weighted by molar-refractivity contribution is 6.21. The predicted octanol–water partition coefficient (Wildman–Crippen LogP) is 1.29. The van der Waals surface area contributed by atoms with Crippen LogP contribution in [0.3, 0.4) is 0 Å². The van der Waals surface area contributed by atoms with Crippen molar-refractivity contribution in [3.8, 4) is 0 Å². The van der Waals surface area contributed by atoms with Crippen LogP contribution in [-0.4, -0.2) is 16.8 Å². The molecule has 0 unspecified atom stereocenters. The number of carbonyl (C=O) groups excluding carboxylic acids is 2. The monoisotopic (exact) mass is 254 g/mol. The van der Waals surface area contributed by atoms with Crippen LogP contribution in [0.2, 0.25) is 0 Å². The molecule has 6 heteroatoms. The van der Waals surface area contributed by atoms with Gasteiger partial charge in [0.2, 0.25) is 0 Å². The Hall–Kier alpha value is -2.89. The van der Waals surface area contributed by atoms with Crippen LogP contribution >= 0.6 is 0 Å². The van der Waals surface area contributed by atoms with Crippen LogP contribution in [0.25, 0.3) is 0 Å². The first-order valence-electron chi connectivity index (χ1n) is 5.62. The van der Waals surface area contributed by atoms with Crippen LogP contribution in [-0.2, 0) is 0 Å². The number of benzene rings is 1. The molecule has 1 aliphatic rings.